The van der Waals surface area contributed by atoms with E-state index in [2.05, 4.69) is 0 Å². The molecule has 2 aromatic rings. The first-order chi connectivity index (χ1) is 9.02. The number of rotatable bonds is 3. The highest BCUT2D eigenvalue weighted by atomic mass is 32.1. The number of carbonyl (C=O) groups excluding carboxylic acids is 1. The smallest absolute Gasteiger partial charge is 0.256 e. The summed E-state index contributed by atoms with van der Waals surface area (Å²) >= 11 is 1.66. The lowest BCUT2D eigenvalue weighted by molar-refractivity contribution is 0.0745. The molecule has 1 aromatic heterocycles. The maximum atomic E-state index is 12.6. The fraction of sp³-hybridized carbons (Fsp3) is 0.267. The Morgan fingerprint density at radius 2 is 2.05 bits per heavy atom. The largest absolute Gasteiger partial charge is 0.398 e. The van der Waals surface area contributed by atoms with E-state index in [4.69, 9.17) is 5.73 Å². The molecule has 0 saturated heterocycles. The predicted molar refractivity (Wildman–Crippen MR) is 80.4 cm³/mol. The van der Waals surface area contributed by atoms with Crippen LogP contribution in [0.3, 0.4) is 0 Å². The maximum absolute atomic E-state index is 12.6. The zero-order valence-corrected chi connectivity index (χ0v) is 12.2. The van der Waals surface area contributed by atoms with Gasteiger partial charge in [-0.1, -0.05) is 18.2 Å². The van der Waals surface area contributed by atoms with Crippen LogP contribution in [0.25, 0.3) is 0 Å². The van der Waals surface area contributed by atoms with Crippen molar-refractivity contribution < 1.29 is 4.79 Å². The number of amides is 1. The minimum Gasteiger partial charge on any atom is -0.398 e. The number of aryl methyl sites for hydroxylation is 1. The summed E-state index contributed by atoms with van der Waals surface area (Å²) in [5.41, 5.74) is 7.99. The van der Waals surface area contributed by atoms with E-state index in [0.717, 1.165) is 5.56 Å². The molecule has 1 aromatic carbocycles. The van der Waals surface area contributed by atoms with Gasteiger partial charge >= 0.3 is 0 Å². The van der Waals surface area contributed by atoms with Crippen molar-refractivity contribution in [2.75, 3.05) is 12.8 Å². The molecule has 0 bridgehead atoms. The molecular formula is C15H18N2OS. The minimum atomic E-state index is -0.0310. The molecule has 19 heavy (non-hydrogen) atoms. The summed E-state index contributed by atoms with van der Waals surface area (Å²) in [5, 5.41) is 2.02. The van der Waals surface area contributed by atoms with E-state index in [-0.39, 0.29) is 11.9 Å². The fourth-order valence-electron chi connectivity index (χ4n) is 2.05. The molecule has 4 heteroatoms. The van der Waals surface area contributed by atoms with Crippen molar-refractivity contribution in [3.63, 3.8) is 0 Å². The Kier molecular flexibility index (Phi) is 3.90. The third-order valence-electron chi connectivity index (χ3n) is 3.38. The Balaban J connectivity index is 2.29. The second-order valence-corrected chi connectivity index (χ2v) is 5.63. The van der Waals surface area contributed by atoms with Crippen molar-refractivity contribution in [3.05, 3.63) is 51.7 Å². The molecule has 1 heterocycles. The Labute approximate surface area is 117 Å². The number of nitrogens with zero attached hydrogens (tertiary/aromatic N) is 1. The van der Waals surface area contributed by atoms with Crippen LogP contribution in [0.15, 0.2) is 35.7 Å². The zero-order chi connectivity index (χ0) is 14.0. The quantitative estimate of drug-likeness (QED) is 0.871. The van der Waals surface area contributed by atoms with Gasteiger partial charge in [0, 0.05) is 17.6 Å². The first-order valence-electron chi connectivity index (χ1n) is 6.18. The van der Waals surface area contributed by atoms with E-state index < -0.39 is 0 Å². The SMILES string of the molecule is Cc1cccc(N)c1C(=O)N(C)C(C)c1cccs1. The molecule has 0 radical (unpaired) electrons. The predicted octanol–water partition coefficient (Wildman–Crippen LogP) is 3.47. The number of anilines is 1. The first-order valence-corrected chi connectivity index (χ1v) is 7.06. The van der Waals surface area contributed by atoms with Gasteiger partial charge in [0.2, 0.25) is 0 Å². The van der Waals surface area contributed by atoms with Crippen LogP contribution in [0.4, 0.5) is 5.69 Å². The monoisotopic (exact) mass is 274 g/mol. The highest BCUT2D eigenvalue weighted by molar-refractivity contribution is 7.10. The third-order valence-corrected chi connectivity index (χ3v) is 4.42. The van der Waals surface area contributed by atoms with Crippen molar-refractivity contribution in [1.82, 2.24) is 4.90 Å². The first kappa shape index (κ1) is 13.6. The van der Waals surface area contributed by atoms with Crippen molar-refractivity contribution in [2.45, 2.75) is 19.9 Å². The second-order valence-electron chi connectivity index (χ2n) is 4.65. The number of hydrogen-bond donors (Lipinski definition) is 1. The van der Waals surface area contributed by atoms with Gasteiger partial charge in [-0.25, -0.2) is 0 Å². The van der Waals surface area contributed by atoms with Gasteiger partial charge in [-0.2, -0.15) is 0 Å². The van der Waals surface area contributed by atoms with Crippen molar-refractivity contribution in [1.29, 1.82) is 0 Å². The molecule has 1 atom stereocenters. The Morgan fingerprint density at radius 1 is 1.32 bits per heavy atom. The summed E-state index contributed by atoms with van der Waals surface area (Å²) in [4.78, 5) is 15.5. The molecule has 0 spiro atoms. The van der Waals surface area contributed by atoms with Crippen LogP contribution in [0.5, 0.6) is 0 Å². The number of nitrogen functional groups attached to an aromatic ring is 1. The Bertz CT molecular complexity index is 558. The molecule has 0 aliphatic rings. The highest BCUT2D eigenvalue weighted by Gasteiger charge is 2.22. The second kappa shape index (κ2) is 5.45. The van der Waals surface area contributed by atoms with Crippen LogP contribution in [-0.4, -0.2) is 17.9 Å². The number of thiophene rings is 1. The van der Waals surface area contributed by atoms with Gasteiger partial charge < -0.3 is 10.6 Å². The van der Waals surface area contributed by atoms with Gasteiger partial charge in [0.25, 0.3) is 5.91 Å². The molecule has 0 saturated carbocycles. The summed E-state index contributed by atoms with van der Waals surface area (Å²) in [7, 11) is 1.82. The van der Waals surface area contributed by atoms with Crippen LogP contribution < -0.4 is 5.73 Å². The average molecular weight is 274 g/mol. The Morgan fingerprint density at radius 3 is 2.63 bits per heavy atom. The van der Waals surface area contributed by atoms with Gasteiger partial charge in [0.1, 0.15) is 0 Å². The Hall–Kier alpha value is -1.81. The molecule has 2 rings (SSSR count). The summed E-state index contributed by atoms with van der Waals surface area (Å²) in [6, 6.07) is 9.63. The molecule has 3 nitrogen and oxygen atoms in total. The lowest BCUT2D eigenvalue weighted by Gasteiger charge is -2.25. The maximum Gasteiger partial charge on any atom is 0.256 e. The highest BCUT2D eigenvalue weighted by Crippen LogP contribution is 2.27. The van der Waals surface area contributed by atoms with Crippen LogP contribution in [0, 0.1) is 6.92 Å². The van der Waals surface area contributed by atoms with E-state index in [1.807, 2.05) is 50.5 Å². The van der Waals surface area contributed by atoms with E-state index in [1.165, 1.54) is 4.88 Å². The lowest BCUT2D eigenvalue weighted by atomic mass is 10.0. The molecule has 2 N–H and O–H groups in total. The minimum absolute atomic E-state index is 0.0310. The van der Waals surface area contributed by atoms with E-state index in [0.29, 0.717) is 11.3 Å². The van der Waals surface area contributed by atoms with Crippen molar-refractivity contribution >= 4 is 22.9 Å². The molecule has 1 amide bonds. The number of carbonyl (C=O) groups is 1. The zero-order valence-electron chi connectivity index (χ0n) is 11.4. The van der Waals surface area contributed by atoms with Gasteiger partial charge in [-0.15, -0.1) is 11.3 Å². The van der Waals surface area contributed by atoms with Crippen LogP contribution >= 0.6 is 11.3 Å². The van der Waals surface area contributed by atoms with Crippen molar-refractivity contribution in [3.8, 4) is 0 Å². The molecular weight excluding hydrogens is 256 g/mol. The molecule has 0 aliphatic heterocycles. The molecule has 1 unspecified atom stereocenters. The van der Waals surface area contributed by atoms with E-state index >= 15 is 0 Å². The topological polar surface area (TPSA) is 46.3 Å². The molecule has 0 fully saturated rings. The molecule has 0 aliphatic carbocycles. The summed E-state index contributed by atoms with van der Waals surface area (Å²) in [6.45, 7) is 3.94. The number of benzene rings is 1. The van der Waals surface area contributed by atoms with Gasteiger partial charge in [0.05, 0.1) is 11.6 Å². The normalized spacial score (nSPS) is 12.2. The number of hydrogen-bond acceptors (Lipinski definition) is 3. The van der Waals surface area contributed by atoms with Crippen LogP contribution in [-0.2, 0) is 0 Å². The van der Waals surface area contributed by atoms with Gasteiger partial charge in [-0.3, -0.25) is 4.79 Å². The van der Waals surface area contributed by atoms with E-state index in [1.54, 1.807) is 22.3 Å². The molecule has 100 valence electrons. The third kappa shape index (κ3) is 2.63. The summed E-state index contributed by atoms with van der Waals surface area (Å²) in [5.74, 6) is -0.0310. The van der Waals surface area contributed by atoms with Crippen LogP contribution in [0.1, 0.15) is 33.8 Å². The average Bonchev–Trinajstić information content (AvgIpc) is 2.90. The van der Waals surface area contributed by atoms with Gasteiger partial charge in [0.15, 0.2) is 0 Å². The standard InChI is InChI=1S/C15H18N2OS/c1-10-6-4-7-12(16)14(10)15(18)17(3)11(2)13-8-5-9-19-13/h4-9,11H,16H2,1-3H3. The van der Waals surface area contributed by atoms with E-state index in [9.17, 15) is 4.79 Å². The fourth-order valence-corrected chi connectivity index (χ4v) is 2.88. The van der Waals surface area contributed by atoms with Gasteiger partial charge in [-0.05, 0) is 36.9 Å². The summed E-state index contributed by atoms with van der Waals surface area (Å²) < 4.78 is 0. The lowest BCUT2D eigenvalue weighted by Crippen LogP contribution is -2.30. The van der Waals surface area contributed by atoms with Crippen molar-refractivity contribution in [2.24, 2.45) is 0 Å². The van der Waals surface area contributed by atoms with Crippen LogP contribution in [0.2, 0.25) is 0 Å². The number of nitrogens with two attached hydrogens (primary N) is 1. The summed E-state index contributed by atoms with van der Waals surface area (Å²) in [6.07, 6.45) is 0.